The van der Waals surface area contributed by atoms with E-state index in [0.29, 0.717) is 19.3 Å². The number of hydrogen-bond donors (Lipinski definition) is 0. The number of esters is 3. The van der Waals surface area contributed by atoms with Gasteiger partial charge in [0.15, 0.2) is 6.10 Å². The summed E-state index contributed by atoms with van der Waals surface area (Å²) in [6.07, 6.45) is 63.3. The number of rotatable bonds is 46. The topological polar surface area (TPSA) is 78.9 Å². The van der Waals surface area contributed by atoms with E-state index >= 15 is 0 Å². The van der Waals surface area contributed by atoms with Gasteiger partial charge in [0.25, 0.3) is 0 Å². The molecule has 0 spiro atoms. The number of allylic oxidation sites excluding steroid dienone is 12. The van der Waals surface area contributed by atoms with Crippen molar-refractivity contribution >= 4 is 17.9 Å². The summed E-state index contributed by atoms with van der Waals surface area (Å²) in [5.74, 6) is -0.956. The second-order valence-electron chi connectivity index (χ2n) is 17.1. The van der Waals surface area contributed by atoms with Gasteiger partial charge in [0.05, 0.1) is 0 Å². The molecule has 0 N–H and O–H groups in total. The second-order valence-corrected chi connectivity index (χ2v) is 17.1. The van der Waals surface area contributed by atoms with Crippen LogP contribution in [0.25, 0.3) is 0 Å². The second kappa shape index (κ2) is 50.5. The Kier molecular flexibility index (Phi) is 47.9. The van der Waals surface area contributed by atoms with Gasteiger partial charge in [-0.05, 0) is 103 Å². The third kappa shape index (κ3) is 47.9. The molecule has 0 aromatic heterocycles. The summed E-state index contributed by atoms with van der Waals surface area (Å²) in [7, 11) is 0. The van der Waals surface area contributed by atoms with E-state index in [9.17, 15) is 14.4 Å². The van der Waals surface area contributed by atoms with Gasteiger partial charge in [-0.15, -0.1) is 0 Å². The van der Waals surface area contributed by atoms with Crippen LogP contribution in [0.4, 0.5) is 0 Å². The Morgan fingerprint density at radius 2 is 0.677 bits per heavy atom. The minimum Gasteiger partial charge on any atom is -0.462 e. The van der Waals surface area contributed by atoms with Crippen LogP contribution in [0.15, 0.2) is 72.9 Å². The lowest BCUT2D eigenvalue weighted by atomic mass is 10.1. The number of unbranched alkanes of at least 4 members (excludes halogenated alkanes) is 24. The Balaban J connectivity index is 4.38. The van der Waals surface area contributed by atoms with Crippen molar-refractivity contribution in [2.24, 2.45) is 0 Å². The zero-order valence-corrected chi connectivity index (χ0v) is 40.6. The van der Waals surface area contributed by atoms with Crippen molar-refractivity contribution in [3.63, 3.8) is 0 Å². The lowest BCUT2D eigenvalue weighted by molar-refractivity contribution is -0.167. The normalized spacial score (nSPS) is 12.6. The Morgan fingerprint density at radius 1 is 0.355 bits per heavy atom. The molecule has 1 unspecified atom stereocenters. The van der Waals surface area contributed by atoms with Crippen LogP contribution >= 0.6 is 0 Å². The summed E-state index contributed by atoms with van der Waals surface area (Å²) in [6, 6.07) is 0. The Labute approximate surface area is 382 Å². The van der Waals surface area contributed by atoms with Gasteiger partial charge in [-0.3, -0.25) is 14.4 Å². The average molecular weight is 865 g/mol. The highest BCUT2D eigenvalue weighted by Gasteiger charge is 2.19. The molecule has 6 nitrogen and oxygen atoms in total. The van der Waals surface area contributed by atoms with Crippen LogP contribution in [0.3, 0.4) is 0 Å². The SMILES string of the molecule is CC/C=C\C/C=C\CCCCC(=O)OCC(COC(=O)CCCCCCC/C=C\C=C/CCCCCCCCC)OC(=O)CCCCCCCCC/C=C\C/C=C\CCCCC. The van der Waals surface area contributed by atoms with Crippen LogP contribution < -0.4 is 0 Å². The van der Waals surface area contributed by atoms with E-state index in [1.807, 2.05) is 0 Å². The molecule has 0 aliphatic rings. The summed E-state index contributed by atoms with van der Waals surface area (Å²) in [6.45, 7) is 6.43. The third-order valence-electron chi connectivity index (χ3n) is 10.9. The van der Waals surface area contributed by atoms with Gasteiger partial charge in [-0.25, -0.2) is 0 Å². The fraction of sp³-hybridized carbons (Fsp3) is 0.732. The zero-order chi connectivity index (χ0) is 45.1. The van der Waals surface area contributed by atoms with Gasteiger partial charge in [0.1, 0.15) is 13.2 Å². The Bertz CT molecular complexity index is 1180. The first-order chi connectivity index (χ1) is 30.5. The van der Waals surface area contributed by atoms with E-state index in [2.05, 4.69) is 93.7 Å². The molecule has 1 atom stereocenters. The number of ether oxygens (including phenoxy) is 3. The predicted molar refractivity (Wildman–Crippen MR) is 265 cm³/mol. The predicted octanol–water partition coefficient (Wildman–Crippen LogP) is 17.0. The molecule has 0 saturated heterocycles. The number of carbonyl (C=O) groups is 3. The minimum atomic E-state index is -0.798. The molecular formula is C56H96O6. The Morgan fingerprint density at radius 3 is 1.13 bits per heavy atom. The van der Waals surface area contributed by atoms with E-state index < -0.39 is 6.10 Å². The quantitative estimate of drug-likeness (QED) is 0.0199. The summed E-state index contributed by atoms with van der Waals surface area (Å²) >= 11 is 0. The first-order valence-corrected chi connectivity index (χ1v) is 26.0. The molecule has 0 radical (unpaired) electrons. The highest BCUT2D eigenvalue weighted by atomic mass is 16.6. The van der Waals surface area contributed by atoms with Gasteiger partial charge in [-0.1, -0.05) is 196 Å². The molecule has 0 fully saturated rings. The molecule has 0 amide bonds. The number of carbonyl (C=O) groups excluding carboxylic acids is 3. The van der Waals surface area contributed by atoms with Gasteiger partial charge < -0.3 is 14.2 Å². The van der Waals surface area contributed by atoms with Crippen molar-refractivity contribution < 1.29 is 28.6 Å². The lowest BCUT2D eigenvalue weighted by Gasteiger charge is -2.18. The molecule has 0 aliphatic carbocycles. The van der Waals surface area contributed by atoms with Crippen molar-refractivity contribution in [2.45, 2.75) is 252 Å². The molecule has 0 bridgehead atoms. The molecule has 0 aromatic carbocycles. The molecule has 0 rings (SSSR count). The minimum absolute atomic E-state index is 0.0973. The molecule has 62 heavy (non-hydrogen) atoms. The summed E-state index contributed by atoms with van der Waals surface area (Å²) in [5.41, 5.74) is 0. The molecule has 6 heteroatoms. The van der Waals surface area contributed by atoms with E-state index in [1.165, 1.54) is 103 Å². The fourth-order valence-electron chi connectivity index (χ4n) is 7.03. The maximum absolute atomic E-state index is 12.8. The van der Waals surface area contributed by atoms with Gasteiger partial charge >= 0.3 is 17.9 Å². The monoisotopic (exact) mass is 865 g/mol. The smallest absolute Gasteiger partial charge is 0.306 e. The van der Waals surface area contributed by atoms with Gasteiger partial charge in [0, 0.05) is 19.3 Å². The van der Waals surface area contributed by atoms with E-state index in [4.69, 9.17) is 14.2 Å². The maximum Gasteiger partial charge on any atom is 0.306 e. The van der Waals surface area contributed by atoms with Gasteiger partial charge in [-0.2, -0.15) is 0 Å². The standard InChI is InChI=1S/C56H96O6/c1-4-7-10-13-16-19-21-23-25-27-29-30-32-34-37-40-43-46-49-55(58)61-52-53(51-60-54(57)48-45-42-39-36-18-15-12-9-6-3)62-56(59)50-47-44-41-38-35-33-31-28-26-24-22-20-17-14-11-8-5-2/h9,12,17-18,20,24-27,29-30,36,53H,4-8,10-11,13-16,19,21-23,28,31-35,37-52H2,1-3H3/b12-9-,20-17-,26-24-,27-25-,30-29-,36-18-. The molecular weight excluding hydrogens is 769 g/mol. The molecule has 0 heterocycles. The molecule has 0 saturated carbocycles. The summed E-state index contributed by atoms with van der Waals surface area (Å²) < 4.78 is 16.7. The van der Waals surface area contributed by atoms with Crippen LogP contribution in [0, 0.1) is 0 Å². The Hall–Kier alpha value is -3.15. The van der Waals surface area contributed by atoms with Crippen molar-refractivity contribution in [3.8, 4) is 0 Å². The van der Waals surface area contributed by atoms with Crippen molar-refractivity contribution in [3.05, 3.63) is 72.9 Å². The van der Waals surface area contributed by atoms with Crippen LogP contribution in [0.1, 0.15) is 245 Å². The summed E-state index contributed by atoms with van der Waals surface area (Å²) in [4.78, 5) is 37.9. The highest BCUT2D eigenvalue weighted by Crippen LogP contribution is 2.14. The third-order valence-corrected chi connectivity index (χ3v) is 10.9. The largest absolute Gasteiger partial charge is 0.462 e. The van der Waals surface area contributed by atoms with Crippen LogP contribution in [0.5, 0.6) is 0 Å². The average Bonchev–Trinajstić information content (AvgIpc) is 3.27. The maximum atomic E-state index is 12.8. The van der Waals surface area contributed by atoms with Gasteiger partial charge in [0.2, 0.25) is 0 Å². The first-order valence-electron chi connectivity index (χ1n) is 26.0. The molecule has 0 aromatic rings. The van der Waals surface area contributed by atoms with Crippen molar-refractivity contribution in [1.29, 1.82) is 0 Å². The van der Waals surface area contributed by atoms with E-state index in [-0.39, 0.29) is 31.1 Å². The van der Waals surface area contributed by atoms with Crippen LogP contribution in [-0.4, -0.2) is 37.2 Å². The molecule has 0 aliphatic heterocycles. The van der Waals surface area contributed by atoms with Crippen LogP contribution in [-0.2, 0) is 28.6 Å². The zero-order valence-electron chi connectivity index (χ0n) is 40.6. The number of hydrogen-bond acceptors (Lipinski definition) is 6. The van der Waals surface area contributed by atoms with Crippen molar-refractivity contribution in [2.75, 3.05) is 13.2 Å². The van der Waals surface area contributed by atoms with Crippen LogP contribution in [0.2, 0.25) is 0 Å². The molecule has 356 valence electrons. The highest BCUT2D eigenvalue weighted by molar-refractivity contribution is 5.71. The van der Waals surface area contributed by atoms with Crippen molar-refractivity contribution in [1.82, 2.24) is 0 Å². The summed E-state index contributed by atoms with van der Waals surface area (Å²) in [5, 5.41) is 0. The first kappa shape index (κ1) is 58.9. The van der Waals surface area contributed by atoms with E-state index in [1.54, 1.807) is 0 Å². The van der Waals surface area contributed by atoms with E-state index in [0.717, 1.165) is 103 Å². The lowest BCUT2D eigenvalue weighted by Crippen LogP contribution is -2.30. The fourth-order valence-corrected chi connectivity index (χ4v) is 7.03.